The van der Waals surface area contributed by atoms with Crippen LogP contribution in [0.2, 0.25) is 0 Å². The van der Waals surface area contributed by atoms with Gasteiger partial charge in [0, 0.05) is 4.86 Å². The molecule has 0 saturated heterocycles. The Hall–Kier alpha value is -0.230. The Morgan fingerprint density at radius 1 is 1.00 bits per heavy atom. The van der Waals surface area contributed by atoms with Gasteiger partial charge in [0.2, 0.25) is 0 Å². The van der Waals surface area contributed by atoms with E-state index in [9.17, 15) is 0 Å². The summed E-state index contributed by atoms with van der Waals surface area (Å²) in [5.74, 6) is 0. The molecule has 1 aromatic carbocycles. The average molecular weight is 340 g/mol. The number of thioether (sulfide) groups is 2. The molecule has 0 saturated carbocycles. The lowest BCUT2D eigenvalue weighted by molar-refractivity contribution is 1.39. The van der Waals surface area contributed by atoms with Gasteiger partial charge < -0.3 is 0 Å². The standard InChI is InChI=1S/C15H17NS4/c1-10-13-11(2)15(18-4)19-20(13)16(14(10)17-3)12-8-6-5-7-9-12/h5-9H,1-4H3. The van der Waals surface area contributed by atoms with Crippen molar-refractivity contribution in [3.63, 3.8) is 0 Å². The predicted molar refractivity (Wildman–Crippen MR) is 102 cm³/mol. The minimum Gasteiger partial charge on any atom is -0.275 e. The van der Waals surface area contributed by atoms with E-state index in [1.165, 1.54) is 26.1 Å². The lowest BCUT2D eigenvalue weighted by atomic mass is 10.1. The molecule has 0 amide bonds. The first kappa shape index (κ1) is 14.7. The molecule has 1 atom stereocenters. The van der Waals surface area contributed by atoms with Gasteiger partial charge in [-0.05, 0) is 70.1 Å². The molecule has 3 rings (SSSR count). The molecule has 2 heterocycles. The molecule has 20 heavy (non-hydrogen) atoms. The molecular formula is C15H17NS4. The number of hydrogen-bond donors (Lipinski definition) is 0. The lowest BCUT2D eigenvalue weighted by Gasteiger charge is -2.24. The van der Waals surface area contributed by atoms with E-state index < -0.39 is 0 Å². The molecule has 0 radical (unpaired) electrons. The monoisotopic (exact) mass is 339 g/mol. The first-order chi connectivity index (χ1) is 9.69. The molecule has 0 spiro atoms. The van der Waals surface area contributed by atoms with Gasteiger partial charge in [-0.15, -0.1) is 23.5 Å². The van der Waals surface area contributed by atoms with Gasteiger partial charge in [0.1, 0.15) is 0 Å². The number of hydrogen-bond acceptors (Lipinski definition) is 4. The van der Waals surface area contributed by atoms with Crippen molar-refractivity contribution in [2.75, 3.05) is 16.8 Å². The molecule has 1 aromatic rings. The largest absolute Gasteiger partial charge is 0.275 e. The normalized spacial score (nSPS) is 22.1. The van der Waals surface area contributed by atoms with Gasteiger partial charge in [-0.2, -0.15) is 0 Å². The zero-order chi connectivity index (χ0) is 14.3. The van der Waals surface area contributed by atoms with Gasteiger partial charge in [-0.1, -0.05) is 18.2 Å². The SMILES string of the molecule is CSC1=C(C)C2=S(S1)N(c1ccccc1)C(SC)=C2C. The van der Waals surface area contributed by atoms with E-state index in [0.29, 0.717) is 0 Å². The van der Waals surface area contributed by atoms with Gasteiger partial charge in [-0.25, -0.2) is 0 Å². The van der Waals surface area contributed by atoms with E-state index in [1.807, 2.05) is 34.3 Å². The van der Waals surface area contributed by atoms with Crippen LogP contribution in [-0.2, 0) is 0 Å². The summed E-state index contributed by atoms with van der Waals surface area (Å²) >= 11 is 3.74. The second kappa shape index (κ2) is 5.87. The van der Waals surface area contributed by atoms with Crippen LogP contribution in [0.1, 0.15) is 13.8 Å². The van der Waals surface area contributed by atoms with Crippen LogP contribution in [0.3, 0.4) is 0 Å². The topological polar surface area (TPSA) is 3.24 Å². The maximum absolute atomic E-state index is 2.52. The van der Waals surface area contributed by atoms with E-state index in [0.717, 1.165) is 0 Å². The summed E-state index contributed by atoms with van der Waals surface area (Å²) in [6.45, 7) is 4.55. The zero-order valence-electron chi connectivity index (χ0n) is 12.0. The highest BCUT2D eigenvalue weighted by Crippen LogP contribution is 2.61. The van der Waals surface area contributed by atoms with Crippen molar-refractivity contribution in [1.29, 1.82) is 0 Å². The Balaban J connectivity index is 2.12. The van der Waals surface area contributed by atoms with E-state index in [2.05, 4.69) is 61.0 Å². The summed E-state index contributed by atoms with van der Waals surface area (Å²) < 4.78 is 4.00. The fourth-order valence-electron chi connectivity index (χ4n) is 2.46. The zero-order valence-corrected chi connectivity index (χ0v) is 15.2. The molecule has 5 heteroatoms. The third-order valence-electron chi connectivity index (χ3n) is 3.36. The minimum atomic E-state index is 0.100. The Morgan fingerprint density at radius 3 is 2.30 bits per heavy atom. The van der Waals surface area contributed by atoms with Crippen molar-refractivity contribution >= 4 is 54.6 Å². The molecule has 2 aliphatic rings. The Labute approximate surface area is 135 Å². The molecule has 0 N–H and O–H groups in total. The van der Waals surface area contributed by atoms with Crippen LogP contribution in [0.25, 0.3) is 0 Å². The van der Waals surface area contributed by atoms with E-state index in [-0.39, 0.29) is 9.70 Å². The van der Waals surface area contributed by atoms with Crippen LogP contribution in [0.5, 0.6) is 0 Å². The van der Waals surface area contributed by atoms with Gasteiger partial charge in [0.05, 0.1) is 15.0 Å². The molecular weight excluding hydrogens is 322 g/mol. The lowest BCUT2D eigenvalue weighted by Crippen LogP contribution is -2.09. The Bertz CT molecular complexity index is 643. The summed E-state index contributed by atoms with van der Waals surface area (Å²) in [5.41, 5.74) is 4.24. The van der Waals surface area contributed by atoms with E-state index in [1.54, 1.807) is 4.86 Å². The summed E-state index contributed by atoms with van der Waals surface area (Å²) in [6.07, 6.45) is 4.36. The Morgan fingerprint density at radius 2 is 1.70 bits per heavy atom. The van der Waals surface area contributed by atoms with Crippen LogP contribution in [0, 0.1) is 0 Å². The third kappa shape index (κ3) is 2.19. The van der Waals surface area contributed by atoms with Gasteiger partial charge in [0.25, 0.3) is 0 Å². The molecule has 1 nitrogen and oxygen atoms in total. The molecule has 1 unspecified atom stereocenters. The fourth-order valence-corrected chi connectivity index (χ4v) is 10.3. The maximum atomic E-state index is 2.52. The smallest absolute Gasteiger partial charge is 0.0900 e. The number of allylic oxidation sites excluding steroid dienone is 2. The van der Waals surface area contributed by atoms with Crippen LogP contribution in [0.4, 0.5) is 5.69 Å². The highest BCUT2D eigenvalue weighted by atomic mass is 33.1. The van der Waals surface area contributed by atoms with Crippen LogP contribution in [0.15, 0.2) is 50.7 Å². The molecule has 0 bridgehead atoms. The van der Waals surface area contributed by atoms with E-state index >= 15 is 0 Å². The summed E-state index contributed by atoms with van der Waals surface area (Å²) in [6, 6.07) is 10.8. The Kier molecular flexibility index (Phi) is 4.32. The number of nitrogens with zero attached hydrogens (tertiary/aromatic N) is 1. The number of anilines is 1. The quantitative estimate of drug-likeness (QED) is 0.512. The van der Waals surface area contributed by atoms with Crippen LogP contribution >= 0.6 is 44.0 Å². The highest BCUT2D eigenvalue weighted by molar-refractivity contribution is 8.88. The van der Waals surface area contributed by atoms with Crippen LogP contribution in [-0.4, -0.2) is 17.4 Å². The van der Waals surface area contributed by atoms with Gasteiger partial charge in [0.15, 0.2) is 0 Å². The van der Waals surface area contributed by atoms with Crippen molar-refractivity contribution in [3.8, 4) is 0 Å². The molecule has 106 valence electrons. The number of para-hydroxylation sites is 1. The van der Waals surface area contributed by atoms with Crippen molar-refractivity contribution < 1.29 is 0 Å². The first-order valence-corrected chi connectivity index (χ1v) is 11.3. The molecule has 0 aliphatic carbocycles. The van der Waals surface area contributed by atoms with Crippen molar-refractivity contribution in [1.82, 2.24) is 0 Å². The second-order valence-electron chi connectivity index (χ2n) is 4.54. The molecule has 0 fully saturated rings. The maximum Gasteiger partial charge on any atom is 0.0900 e. The fraction of sp³-hybridized carbons (Fsp3) is 0.267. The average Bonchev–Trinajstić information content (AvgIpc) is 2.95. The van der Waals surface area contributed by atoms with Crippen molar-refractivity contribution in [3.05, 3.63) is 50.7 Å². The highest BCUT2D eigenvalue weighted by Gasteiger charge is 2.35. The van der Waals surface area contributed by atoms with Gasteiger partial charge >= 0.3 is 0 Å². The summed E-state index contributed by atoms with van der Waals surface area (Å²) in [5, 5.41) is 1.40. The van der Waals surface area contributed by atoms with Crippen molar-refractivity contribution in [2.45, 2.75) is 13.8 Å². The third-order valence-corrected chi connectivity index (χ3v) is 10.3. The summed E-state index contributed by atoms with van der Waals surface area (Å²) in [7, 11) is 2.12. The summed E-state index contributed by atoms with van der Waals surface area (Å²) in [4.78, 5) is 1.55. The molecule has 0 aromatic heterocycles. The van der Waals surface area contributed by atoms with E-state index in [4.69, 9.17) is 0 Å². The minimum absolute atomic E-state index is 0.100. The van der Waals surface area contributed by atoms with Crippen molar-refractivity contribution in [2.24, 2.45) is 0 Å². The first-order valence-electron chi connectivity index (χ1n) is 6.34. The number of rotatable bonds is 3. The predicted octanol–water partition coefficient (Wildman–Crippen LogP) is 5.71. The molecule has 2 aliphatic heterocycles. The van der Waals surface area contributed by atoms with Gasteiger partial charge in [-0.3, -0.25) is 4.31 Å². The number of benzene rings is 1. The van der Waals surface area contributed by atoms with Crippen LogP contribution < -0.4 is 4.31 Å². The second-order valence-corrected chi connectivity index (χ2v) is 9.71.